The molecule has 9 heteroatoms. The summed E-state index contributed by atoms with van der Waals surface area (Å²) in [6.45, 7) is 1.86. The molecule has 1 heterocycles. The van der Waals surface area contributed by atoms with Crippen molar-refractivity contribution in [2.45, 2.75) is 6.92 Å². The lowest BCUT2D eigenvalue weighted by Crippen LogP contribution is -2.20. The normalized spacial score (nSPS) is 12.0. The Morgan fingerprint density at radius 1 is 1.22 bits per heavy atom. The van der Waals surface area contributed by atoms with Crippen LogP contribution in [0.3, 0.4) is 0 Å². The van der Waals surface area contributed by atoms with E-state index in [9.17, 15) is 13.6 Å². The van der Waals surface area contributed by atoms with Gasteiger partial charge in [-0.1, -0.05) is 11.6 Å². The minimum absolute atomic E-state index is 0.273. The van der Waals surface area contributed by atoms with Crippen molar-refractivity contribution in [3.8, 4) is 5.75 Å². The van der Waals surface area contributed by atoms with Crippen LogP contribution in [0.2, 0.25) is 5.02 Å². The first-order chi connectivity index (χ1) is 12.9. The van der Waals surface area contributed by atoms with Crippen molar-refractivity contribution in [2.24, 2.45) is 0 Å². The minimum atomic E-state index is -2.36. The molecule has 0 aliphatic rings. The van der Waals surface area contributed by atoms with Crippen molar-refractivity contribution in [3.05, 3.63) is 52.5 Å². The average Bonchev–Trinajstić information content (AvgIpc) is 2.97. The lowest BCUT2D eigenvalue weighted by Gasteiger charge is -2.22. The van der Waals surface area contributed by atoms with E-state index in [1.54, 1.807) is 12.1 Å². The van der Waals surface area contributed by atoms with Gasteiger partial charge in [-0.2, -0.15) is 0 Å². The number of esters is 1. The number of anilines is 2. The van der Waals surface area contributed by atoms with E-state index in [1.807, 2.05) is 19.1 Å². The summed E-state index contributed by atoms with van der Waals surface area (Å²) in [6, 6.07) is 10.0. The summed E-state index contributed by atoms with van der Waals surface area (Å²) in [5.41, 5.74) is 1.45. The Hall–Kier alpha value is -2.13. The largest absolute Gasteiger partial charge is 0.495 e. The molecule has 1 unspecified atom stereocenters. The van der Waals surface area contributed by atoms with Gasteiger partial charge in [0, 0.05) is 9.72 Å². The highest BCUT2D eigenvalue weighted by molar-refractivity contribution is 7.81. The fourth-order valence-electron chi connectivity index (χ4n) is 2.73. The topological polar surface area (TPSA) is 76.1 Å². The molecule has 1 N–H and O–H groups in total. The summed E-state index contributed by atoms with van der Waals surface area (Å²) in [5, 5.41) is 2.08. The van der Waals surface area contributed by atoms with Gasteiger partial charge < -0.3 is 9.47 Å². The number of halogens is 1. The zero-order valence-corrected chi connectivity index (χ0v) is 17.1. The van der Waals surface area contributed by atoms with Gasteiger partial charge in [-0.25, -0.2) is 13.3 Å². The number of hydrogen-bond acceptors (Lipinski definition) is 5. The van der Waals surface area contributed by atoms with Gasteiger partial charge in [-0.3, -0.25) is 4.55 Å². The molecule has 1 atom stereocenters. The maximum atomic E-state index is 12.2. The Labute approximate surface area is 167 Å². The molecule has 0 saturated heterocycles. The van der Waals surface area contributed by atoms with Crippen LogP contribution in [0.1, 0.15) is 15.9 Å². The first-order valence-corrected chi connectivity index (χ1v) is 9.99. The van der Waals surface area contributed by atoms with E-state index in [0.29, 0.717) is 15.7 Å². The van der Waals surface area contributed by atoms with Gasteiger partial charge in [-0.15, -0.1) is 11.3 Å². The van der Waals surface area contributed by atoms with E-state index in [1.165, 1.54) is 42.0 Å². The summed E-state index contributed by atoms with van der Waals surface area (Å²) >= 11 is 5.09. The predicted octanol–water partition coefficient (Wildman–Crippen LogP) is 4.93. The molecule has 0 aliphatic heterocycles. The van der Waals surface area contributed by atoms with Crippen molar-refractivity contribution in [3.63, 3.8) is 0 Å². The third-order valence-electron chi connectivity index (χ3n) is 4.03. The number of thiophene rings is 1. The summed E-state index contributed by atoms with van der Waals surface area (Å²) in [4.78, 5) is 11.8. The molecule has 0 radical (unpaired) electrons. The number of nitrogens with zero attached hydrogens (tertiary/aromatic N) is 1. The zero-order chi connectivity index (χ0) is 19.7. The molecule has 0 amide bonds. The molecule has 3 aromatic rings. The van der Waals surface area contributed by atoms with Crippen LogP contribution >= 0.6 is 22.9 Å². The van der Waals surface area contributed by atoms with E-state index in [4.69, 9.17) is 21.1 Å². The first kappa shape index (κ1) is 19.6. The number of ether oxygens (including phenoxy) is 2. The Kier molecular flexibility index (Phi) is 5.71. The number of methoxy groups -OCH3 is 2. The van der Waals surface area contributed by atoms with E-state index < -0.39 is 17.2 Å². The van der Waals surface area contributed by atoms with Crippen LogP contribution in [-0.2, 0) is 16.0 Å². The van der Waals surface area contributed by atoms with Gasteiger partial charge in [0.25, 0.3) is 11.3 Å². The number of hydrogen-bond donors (Lipinski definition) is 1. The van der Waals surface area contributed by atoms with Crippen LogP contribution < -0.4 is 9.04 Å². The van der Waals surface area contributed by atoms with E-state index in [0.717, 1.165) is 15.6 Å². The van der Waals surface area contributed by atoms with Crippen molar-refractivity contribution in [1.82, 2.24) is 0 Å². The number of carbonyl (C=O) groups excluding carboxylic acids is 1. The number of fused-ring (bicyclic) bond motifs is 1. The molecular formula is C18H16ClNO5S2. The number of carbonyl (C=O) groups is 1. The van der Waals surface area contributed by atoms with E-state index in [2.05, 4.69) is 0 Å². The quantitative estimate of drug-likeness (QED) is 0.463. The molecule has 2 aromatic carbocycles. The van der Waals surface area contributed by atoms with Crippen LogP contribution in [0.4, 0.5) is 10.7 Å². The summed E-state index contributed by atoms with van der Waals surface area (Å²) in [6.07, 6.45) is 0. The number of rotatable bonds is 5. The molecule has 0 bridgehead atoms. The summed E-state index contributed by atoms with van der Waals surface area (Å²) in [5.74, 6) is -0.251. The van der Waals surface area contributed by atoms with Gasteiger partial charge in [0.2, 0.25) is 0 Å². The van der Waals surface area contributed by atoms with Crippen molar-refractivity contribution in [2.75, 3.05) is 18.5 Å². The zero-order valence-electron chi connectivity index (χ0n) is 14.7. The SMILES string of the molecule is COC(=O)c1ccc(N(c2sc3ccc(Cl)cc3c2C)S(=O)O)c(OC)c1. The van der Waals surface area contributed by atoms with Crippen molar-refractivity contribution >= 4 is 60.9 Å². The van der Waals surface area contributed by atoms with Gasteiger partial charge in [0.1, 0.15) is 10.8 Å². The monoisotopic (exact) mass is 425 g/mol. The highest BCUT2D eigenvalue weighted by Crippen LogP contribution is 2.44. The molecule has 6 nitrogen and oxygen atoms in total. The third-order valence-corrected chi connectivity index (χ3v) is 6.33. The van der Waals surface area contributed by atoms with E-state index in [-0.39, 0.29) is 11.3 Å². The fraction of sp³-hybridized carbons (Fsp3) is 0.167. The van der Waals surface area contributed by atoms with Crippen LogP contribution in [-0.4, -0.2) is 29.0 Å². The highest BCUT2D eigenvalue weighted by Gasteiger charge is 2.25. The van der Waals surface area contributed by atoms with E-state index >= 15 is 0 Å². The smallest absolute Gasteiger partial charge is 0.337 e. The molecule has 27 heavy (non-hydrogen) atoms. The summed E-state index contributed by atoms with van der Waals surface area (Å²) < 4.78 is 34.5. The first-order valence-electron chi connectivity index (χ1n) is 7.73. The number of benzene rings is 2. The van der Waals surface area contributed by atoms with Gasteiger partial charge >= 0.3 is 5.97 Å². The third kappa shape index (κ3) is 3.66. The summed E-state index contributed by atoms with van der Waals surface area (Å²) in [7, 11) is 2.71. The van der Waals surface area contributed by atoms with Gasteiger partial charge in [0.15, 0.2) is 0 Å². The molecule has 142 valence electrons. The lowest BCUT2D eigenvalue weighted by atomic mass is 10.1. The van der Waals surface area contributed by atoms with Crippen LogP contribution in [0.5, 0.6) is 5.75 Å². The molecule has 1 aromatic heterocycles. The standard InChI is InChI=1S/C18H16ClNO5S2/c1-10-13-9-12(19)5-7-16(13)26-17(10)20(27(22)23)14-6-4-11(18(21)25-3)8-15(14)24-2/h4-9H,1-3H3,(H,22,23). The molecule has 0 fully saturated rings. The highest BCUT2D eigenvalue weighted by atomic mass is 35.5. The second kappa shape index (κ2) is 7.85. The minimum Gasteiger partial charge on any atom is -0.495 e. The predicted molar refractivity (Wildman–Crippen MR) is 109 cm³/mol. The Bertz CT molecular complexity index is 1050. The second-order valence-electron chi connectivity index (χ2n) is 5.58. The van der Waals surface area contributed by atoms with Crippen LogP contribution in [0.15, 0.2) is 36.4 Å². The van der Waals surface area contributed by atoms with Crippen LogP contribution in [0.25, 0.3) is 10.1 Å². The maximum absolute atomic E-state index is 12.2. The van der Waals surface area contributed by atoms with Crippen molar-refractivity contribution < 1.29 is 23.0 Å². The molecule has 3 rings (SSSR count). The van der Waals surface area contributed by atoms with Gasteiger partial charge in [-0.05, 0) is 54.3 Å². The maximum Gasteiger partial charge on any atom is 0.337 e. The lowest BCUT2D eigenvalue weighted by molar-refractivity contribution is 0.0600. The molecular weight excluding hydrogens is 410 g/mol. The average molecular weight is 426 g/mol. The second-order valence-corrected chi connectivity index (χ2v) is 7.87. The fourth-order valence-corrected chi connectivity index (χ4v) is 4.91. The number of aryl methyl sites for hydroxylation is 1. The molecule has 0 aliphatic carbocycles. The van der Waals surface area contributed by atoms with Crippen molar-refractivity contribution in [1.29, 1.82) is 0 Å². The molecule has 0 spiro atoms. The molecule has 0 saturated carbocycles. The van der Waals surface area contributed by atoms with Gasteiger partial charge in [0.05, 0.1) is 25.5 Å². The Balaban J connectivity index is 2.19. The Morgan fingerprint density at radius 2 is 1.96 bits per heavy atom. The Morgan fingerprint density at radius 3 is 2.59 bits per heavy atom. The van der Waals surface area contributed by atoms with Crippen LogP contribution in [0, 0.1) is 6.92 Å².